The number of aliphatic hydroxyl groups is 1. The molecule has 328 valence electrons. The Kier molecular flexibility index (Phi) is 11.9. The Labute approximate surface area is 352 Å². The number of benzene rings is 1. The SMILES string of the molecule is O=C1C(N(O)O)=CC([S+](=O)(O)O)=CC1=NN=C1C(=O)c2ccc(N=C3C=CC4=C(O)C(=NN=C5C=C(N([O-])O)C=C([S+](=O)(O)O)C5=O)C(S(=O)(=O)O)=CC4=C3)cc2C=C1S(=O)(=O)O. The van der Waals surface area contributed by atoms with Crippen molar-refractivity contribution >= 4 is 98.9 Å². The number of allylic oxidation sites excluding steroid dienone is 14. The third-order valence-corrected chi connectivity index (χ3v) is 11.9. The summed E-state index contributed by atoms with van der Waals surface area (Å²) in [6.45, 7) is 0. The Balaban J connectivity index is 1.37. The smallest absolute Gasteiger partial charge is 0.390 e. The molecule has 0 bridgehead atoms. The van der Waals surface area contributed by atoms with Gasteiger partial charge in [-0.3, -0.25) is 39.1 Å². The second-order valence-electron chi connectivity index (χ2n) is 12.5. The van der Waals surface area contributed by atoms with E-state index >= 15 is 0 Å². The second-order valence-corrected chi connectivity index (χ2v) is 18.2. The molecule has 0 fully saturated rings. The van der Waals surface area contributed by atoms with Crippen molar-refractivity contribution in [2.75, 3.05) is 0 Å². The normalized spacial score (nSPS) is 21.8. The van der Waals surface area contributed by atoms with Gasteiger partial charge in [0.1, 0.15) is 32.6 Å². The molecule has 0 atom stereocenters. The molecule has 5 aliphatic carbocycles. The highest BCUT2D eigenvalue weighted by Gasteiger charge is 2.42. The number of fused-ring (bicyclic) bond motifs is 2. The molecule has 27 nitrogen and oxygen atoms in total. The average Bonchev–Trinajstić information content (AvgIpc) is 3.16. The summed E-state index contributed by atoms with van der Waals surface area (Å²) in [5, 5.41) is 62.5. The first-order valence-electron chi connectivity index (χ1n) is 16.2. The quantitative estimate of drug-likeness (QED) is 0.0729. The van der Waals surface area contributed by atoms with E-state index in [1.165, 1.54) is 18.2 Å². The molecular weight excluding hydrogens is 931 g/mol. The van der Waals surface area contributed by atoms with E-state index in [9.17, 15) is 92.9 Å². The Morgan fingerprint density at radius 1 is 0.667 bits per heavy atom. The minimum Gasteiger partial charge on any atom is -0.733 e. The van der Waals surface area contributed by atoms with Crippen molar-refractivity contribution in [3.8, 4) is 0 Å². The maximum absolute atomic E-state index is 13.5. The number of hydrogen-bond donors (Lipinski definition) is 10. The number of ketones is 3. The van der Waals surface area contributed by atoms with Gasteiger partial charge in [0, 0.05) is 29.4 Å². The topological polar surface area (TPSA) is 447 Å². The summed E-state index contributed by atoms with van der Waals surface area (Å²) in [6.07, 6.45) is 6.86. The molecule has 0 aliphatic heterocycles. The number of rotatable bonds is 9. The lowest BCUT2D eigenvalue weighted by molar-refractivity contribution is -0.276. The lowest BCUT2D eigenvalue weighted by Gasteiger charge is -2.24. The zero-order valence-corrected chi connectivity index (χ0v) is 33.5. The Hall–Kier alpha value is -6.56. The van der Waals surface area contributed by atoms with Crippen molar-refractivity contribution < 1.29 is 87.7 Å². The van der Waals surface area contributed by atoms with Gasteiger partial charge in [-0.05, 0) is 74.2 Å². The summed E-state index contributed by atoms with van der Waals surface area (Å²) in [7, 11) is -20.5. The number of aliphatic hydroxyl groups excluding tert-OH is 1. The van der Waals surface area contributed by atoms with Crippen LogP contribution in [0.25, 0.3) is 6.08 Å². The van der Waals surface area contributed by atoms with Gasteiger partial charge in [0.15, 0.2) is 11.5 Å². The summed E-state index contributed by atoms with van der Waals surface area (Å²) < 4.78 is 131. The third-order valence-electron chi connectivity index (χ3n) is 8.45. The summed E-state index contributed by atoms with van der Waals surface area (Å²) in [5.74, 6) is -5.11. The molecule has 31 heteroatoms. The maximum Gasteiger partial charge on any atom is 0.390 e. The fraction of sp³-hybridized carbons (Fsp3) is 0. The summed E-state index contributed by atoms with van der Waals surface area (Å²) in [4.78, 5) is 38.6. The molecule has 0 saturated carbocycles. The molecule has 0 aromatic heterocycles. The molecule has 6 rings (SSSR count). The third kappa shape index (κ3) is 9.45. The first-order chi connectivity index (χ1) is 29.1. The van der Waals surface area contributed by atoms with Crippen LogP contribution in [0.15, 0.2) is 140 Å². The second kappa shape index (κ2) is 16.3. The van der Waals surface area contributed by atoms with E-state index < -0.39 is 129 Å². The van der Waals surface area contributed by atoms with Gasteiger partial charge >= 0.3 is 21.0 Å². The molecule has 5 aliphatic rings. The van der Waals surface area contributed by atoms with Crippen LogP contribution in [0.5, 0.6) is 0 Å². The molecule has 0 amide bonds. The number of hydroxylamine groups is 4. The van der Waals surface area contributed by atoms with Crippen molar-refractivity contribution in [3.63, 3.8) is 0 Å². The number of nitrogens with zero attached hydrogens (tertiary/aromatic N) is 7. The van der Waals surface area contributed by atoms with E-state index in [4.69, 9.17) is 0 Å². The van der Waals surface area contributed by atoms with Gasteiger partial charge in [0.2, 0.25) is 16.5 Å². The monoisotopic (exact) mass is 952 g/mol. The van der Waals surface area contributed by atoms with E-state index in [1.54, 1.807) is 0 Å². The number of carbonyl (C=O) groups excluding carboxylic acids is 3. The lowest BCUT2D eigenvalue weighted by atomic mass is 9.91. The Bertz CT molecular complexity index is 3160. The van der Waals surface area contributed by atoms with Crippen LogP contribution >= 0.6 is 0 Å². The molecule has 0 saturated heterocycles. The van der Waals surface area contributed by atoms with Gasteiger partial charge < -0.3 is 15.5 Å². The number of aliphatic imine (C=N–C) groups is 1. The van der Waals surface area contributed by atoms with E-state index in [2.05, 4.69) is 25.4 Å². The molecule has 0 radical (unpaired) electrons. The van der Waals surface area contributed by atoms with E-state index in [0.29, 0.717) is 24.3 Å². The summed E-state index contributed by atoms with van der Waals surface area (Å²) in [5.41, 5.74) is -6.99. The molecular formula is C32H22N7O20S4+. The first kappa shape index (κ1) is 46.0. The highest BCUT2D eigenvalue weighted by Crippen LogP contribution is 2.34. The molecule has 10 N–H and O–H groups in total. The van der Waals surface area contributed by atoms with Gasteiger partial charge in [0.25, 0.3) is 30.9 Å². The van der Waals surface area contributed by atoms with Crippen LogP contribution in [0, 0.1) is 5.21 Å². The number of Topliss-reactive ketones (excluding diaryl/α,β-unsaturated/α-hetero) is 3. The van der Waals surface area contributed by atoms with Crippen LogP contribution in [-0.2, 0) is 59.2 Å². The fourth-order valence-corrected chi connectivity index (χ4v) is 8.11. The average molecular weight is 953 g/mol. The van der Waals surface area contributed by atoms with Crippen LogP contribution in [-0.4, -0.2) is 121 Å². The summed E-state index contributed by atoms with van der Waals surface area (Å²) in [6, 6.07) is 3.47. The van der Waals surface area contributed by atoms with E-state index in [1.807, 2.05) is 0 Å². The Morgan fingerprint density at radius 3 is 1.84 bits per heavy atom. The summed E-state index contributed by atoms with van der Waals surface area (Å²) >= 11 is 0. The molecule has 0 unspecified atom stereocenters. The van der Waals surface area contributed by atoms with Gasteiger partial charge in [-0.1, -0.05) is 0 Å². The largest absolute Gasteiger partial charge is 0.733 e. The van der Waals surface area contributed by atoms with E-state index in [-0.39, 0.29) is 33.7 Å². The standard InChI is InChI=1S/C32H21N7O20S4/c40-29-19-3-1-15(5-13(19)7-24(61(51,52)53)27(29)36-34-21-9-17(38(44)45)10-26(32(21)43)63(57,58)59)33-16-2-4-20-14(6-16)8-25(62(54,55)56)28(30(20)41)37-35-22-11-18(60(48,49)50)12-23(31(22)42)39(46)47/h1-12,44,46-47H,(H6-,33,40,41,48,49,50,51,52,53,54,55,56,57,58,59)/p+1. The van der Waals surface area contributed by atoms with Crippen LogP contribution in [0.3, 0.4) is 0 Å². The van der Waals surface area contributed by atoms with Crippen LogP contribution < -0.4 is 0 Å². The van der Waals surface area contributed by atoms with Gasteiger partial charge in [-0.25, -0.2) is 4.99 Å². The van der Waals surface area contributed by atoms with Crippen molar-refractivity contribution in [1.82, 2.24) is 10.5 Å². The van der Waals surface area contributed by atoms with Crippen molar-refractivity contribution in [1.29, 1.82) is 0 Å². The predicted molar refractivity (Wildman–Crippen MR) is 215 cm³/mol. The zero-order chi connectivity index (χ0) is 46.7. The van der Waals surface area contributed by atoms with Crippen molar-refractivity contribution in [2.45, 2.75) is 0 Å². The molecule has 1 aromatic rings. The highest BCUT2D eigenvalue weighted by molar-refractivity contribution is 7.97. The minimum absolute atomic E-state index is 0.0168. The highest BCUT2D eigenvalue weighted by atomic mass is 32.3. The molecule has 63 heavy (non-hydrogen) atoms. The number of carbonyl (C=O) groups is 3. The zero-order valence-electron chi connectivity index (χ0n) is 30.2. The molecule has 1 aromatic carbocycles. The predicted octanol–water partition coefficient (Wildman–Crippen LogP) is 1.73. The Morgan fingerprint density at radius 2 is 1.27 bits per heavy atom. The van der Waals surface area contributed by atoms with Gasteiger partial charge in [-0.15, -0.1) is 25.6 Å². The molecule has 0 spiro atoms. The van der Waals surface area contributed by atoms with E-state index in [0.717, 1.165) is 30.4 Å². The lowest BCUT2D eigenvalue weighted by Crippen LogP contribution is -2.30. The van der Waals surface area contributed by atoms with Crippen LogP contribution in [0.1, 0.15) is 15.9 Å². The molecule has 0 heterocycles. The first-order valence-corrected chi connectivity index (χ1v) is 22.0. The van der Waals surface area contributed by atoms with Crippen LogP contribution in [0.2, 0.25) is 0 Å². The van der Waals surface area contributed by atoms with Gasteiger partial charge in [-0.2, -0.15) is 35.0 Å². The minimum atomic E-state index is -5.33. The number of hydrogen-bond acceptors (Lipinski definition) is 21. The van der Waals surface area contributed by atoms with Crippen molar-refractivity contribution in [2.24, 2.45) is 25.4 Å². The van der Waals surface area contributed by atoms with Crippen molar-refractivity contribution in [3.05, 3.63) is 131 Å². The van der Waals surface area contributed by atoms with Crippen LogP contribution in [0.4, 0.5) is 5.69 Å². The maximum atomic E-state index is 13.5. The van der Waals surface area contributed by atoms with Gasteiger partial charge in [0.05, 0.1) is 17.1 Å². The fourth-order valence-electron chi connectivity index (χ4n) is 5.65.